The van der Waals surface area contributed by atoms with E-state index in [1.807, 2.05) is 20.8 Å². The van der Waals surface area contributed by atoms with Gasteiger partial charge in [0.25, 0.3) is 0 Å². The molecule has 1 amide bonds. The average Bonchev–Trinajstić information content (AvgIpc) is 2.36. The highest BCUT2D eigenvalue weighted by molar-refractivity contribution is 14.0. The second-order valence-electron chi connectivity index (χ2n) is 5.43. The van der Waals surface area contributed by atoms with Crippen molar-refractivity contribution in [1.82, 2.24) is 10.6 Å². The first kappa shape index (κ1) is 21.8. The van der Waals surface area contributed by atoms with Crippen molar-refractivity contribution in [1.29, 1.82) is 0 Å². The molecule has 0 aliphatic rings. The molecule has 6 heteroatoms. The van der Waals surface area contributed by atoms with E-state index in [2.05, 4.69) is 22.5 Å². The van der Waals surface area contributed by atoms with Crippen molar-refractivity contribution in [2.24, 2.45) is 16.1 Å². The third-order valence-corrected chi connectivity index (χ3v) is 2.93. The predicted octanol–water partition coefficient (Wildman–Crippen LogP) is 2.25. The lowest BCUT2D eigenvalue weighted by Crippen LogP contribution is -2.40. The van der Waals surface area contributed by atoms with E-state index in [9.17, 15) is 4.79 Å². The Kier molecular flexibility index (Phi) is 13.3. The second kappa shape index (κ2) is 12.2. The number of carbonyl (C=O) groups excluding carboxylic acids is 1. The molecule has 120 valence electrons. The minimum absolute atomic E-state index is 0. The van der Waals surface area contributed by atoms with Crippen LogP contribution in [0, 0.1) is 5.41 Å². The number of guanidine groups is 1. The van der Waals surface area contributed by atoms with Gasteiger partial charge >= 0.3 is 0 Å². The number of hydrogen-bond acceptors (Lipinski definition) is 2. The molecule has 0 aromatic rings. The molecule has 0 radical (unpaired) electrons. The number of nitrogens with one attached hydrogen (secondary N) is 2. The number of nitrogens with zero attached hydrogens (tertiary/aromatic N) is 1. The fraction of sp³-hybridized carbons (Fsp3) is 0.857. The van der Waals surface area contributed by atoms with Gasteiger partial charge in [-0.2, -0.15) is 0 Å². The van der Waals surface area contributed by atoms with Crippen LogP contribution in [0.2, 0.25) is 0 Å². The Labute approximate surface area is 140 Å². The average molecular weight is 398 g/mol. The zero-order valence-electron chi connectivity index (χ0n) is 13.3. The molecular formula is C14H31IN4O. The summed E-state index contributed by atoms with van der Waals surface area (Å²) in [6, 6.07) is 0. The van der Waals surface area contributed by atoms with E-state index in [0.717, 1.165) is 13.0 Å². The van der Waals surface area contributed by atoms with Crippen molar-refractivity contribution in [2.45, 2.75) is 53.4 Å². The molecule has 0 aliphatic carbocycles. The molecule has 0 bridgehead atoms. The topological polar surface area (TPSA) is 79.5 Å². The van der Waals surface area contributed by atoms with Crippen LogP contribution in [0.15, 0.2) is 4.99 Å². The van der Waals surface area contributed by atoms with Crippen LogP contribution in [0.5, 0.6) is 0 Å². The molecule has 5 nitrogen and oxygen atoms in total. The third-order valence-electron chi connectivity index (χ3n) is 2.93. The number of amides is 1. The molecule has 0 saturated carbocycles. The van der Waals surface area contributed by atoms with Gasteiger partial charge in [-0.15, -0.1) is 24.0 Å². The fourth-order valence-electron chi connectivity index (χ4n) is 1.58. The first-order chi connectivity index (χ1) is 8.94. The summed E-state index contributed by atoms with van der Waals surface area (Å²) in [5.41, 5.74) is 5.25. The van der Waals surface area contributed by atoms with E-state index in [4.69, 9.17) is 5.73 Å². The Balaban J connectivity index is 0. The molecule has 0 atom stereocenters. The lowest BCUT2D eigenvalue weighted by atomic mass is 9.92. The highest BCUT2D eigenvalue weighted by Crippen LogP contribution is 2.15. The smallest absolute Gasteiger partial charge is 0.227 e. The largest absolute Gasteiger partial charge is 0.370 e. The molecular weight excluding hydrogens is 367 g/mol. The third kappa shape index (κ3) is 10.3. The van der Waals surface area contributed by atoms with Crippen LogP contribution < -0.4 is 16.4 Å². The molecule has 0 saturated heterocycles. The van der Waals surface area contributed by atoms with Crippen LogP contribution in [0.1, 0.15) is 53.4 Å². The van der Waals surface area contributed by atoms with E-state index in [-0.39, 0.29) is 29.9 Å². The highest BCUT2D eigenvalue weighted by atomic mass is 127. The van der Waals surface area contributed by atoms with Gasteiger partial charge in [-0.3, -0.25) is 9.79 Å². The maximum Gasteiger partial charge on any atom is 0.227 e. The molecule has 0 rings (SSSR count). The zero-order chi connectivity index (χ0) is 14.7. The van der Waals surface area contributed by atoms with Crippen molar-refractivity contribution in [2.75, 3.05) is 19.6 Å². The molecule has 4 N–H and O–H groups in total. The van der Waals surface area contributed by atoms with Gasteiger partial charge in [-0.25, -0.2) is 0 Å². The number of nitrogens with two attached hydrogens (primary N) is 1. The van der Waals surface area contributed by atoms with Crippen LogP contribution in [-0.2, 0) is 4.79 Å². The van der Waals surface area contributed by atoms with Gasteiger partial charge in [-0.05, 0) is 27.2 Å². The van der Waals surface area contributed by atoms with Crippen molar-refractivity contribution in [3.63, 3.8) is 0 Å². The number of carbonyl (C=O) groups is 1. The van der Waals surface area contributed by atoms with E-state index >= 15 is 0 Å². The van der Waals surface area contributed by atoms with Crippen molar-refractivity contribution in [3.05, 3.63) is 0 Å². The van der Waals surface area contributed by atoms with E-state index in [1.165, 1.54) is 19.3 Å². The summed E-state index contributed by atoms with van der Waals surface area (Å²) < 4.78 is 0. The van der Waals surface area contributed by atoms with E-state index in [0.29, 0.717) is 19.0 Å². The number of hydrogen-bond donors (Lipinski definition) is 3. The number of rotatable bonds is 9. The molecule has 20 heavy (non-hydrogen) atoms. The number of aliphatic imine (C=N–C) groups is 1. The summed E-state index contributed by atoms with van der Waals surface area (Å²) in [5, 5.41) is 5.89. The Morgan fingerprint density at radius 1 is 1.15 bits per heavy atom. The van der Waals surface area contributed by atoms with E-state index in [1.54, 1.807) is 0 Å². The molecule has 0 spiro atoms. The fourth-order valence-corrected chi connectivity index (χ4v) is 1.58. The Morgan fingerprint density at radius 3 is 2.35 bits per heavy atom. The molecule has 0 heterocycles. The number of halogens is 1. The van der Waals surface area contributed by atoms with Crippen molar-refractivity contribution in [3.8, 4) is 0 Å². The first-order valence-corrected chi connectivity index (χ1v) is 7.26. The normalized spacial score (nSPS) is 11.7. The van der Waals surface area contributed by atoms with Crippen LogP contribution in [-0.4, -0.2) is 31.5 Å². The lowest BCUT2D eigenvalue weighted by Gasteiger charge is -2.21. The molecule has 0 aromatic carbocycles. The summed E-state index contributed by atoms with van der Waals surface area (Å²) >= 11 is 0. The van der Waals surface area contributed by atoms with Crippen molar-refractivity contribution < 1.29 is 4.79 Å². The summed E-state index contributed by atoms with van der Waals surface area (Å²) in [6.45, 7) is 9.71. The summed E-state index contributed by atoms with van der Waals surface area (Å²) in [4.78, 5) is 16.0. The van der Waals surface area contributed by atoms with Gasteiger partial charge in [0, 0.05) is 13.1 Å². The Morgan fingerprint density at radius 2 is 1.80 bits per heavy atom. The minimum atomic E-state index is -0.523. The van der Waals surface area contributed by atoms with Crippen molar-refractivity contribution >= 4 is 35.8 Å². The predicted molar refractivity (Wildman–Crippen MR) is 96.5 cm³/mol. The van der Waals surface area contributed by atoms with Crippen LogP contribution in [0.4, 0.5) is 0 Å². The zero-order valence-corrected chi connectivity index (χ0v) is 15.6. The summed E-state index contributed by atoms with van der Waals surface area (Å²) in [6.07, 6.45) is 4.79. The summed E-state index contributed by atoms with van der Waals surface area (Å²) in [5.74, 6) is 0.434. The van der Waals surface area contributed by atoms with Gasteiger partial charge in [0.2, 0.25) is 5.91 Å². The van der Waals surface area contributed by atoms with Gasteiger partial charge in [0.15, 0.2) is 5.96 Å². The summed E-state index contributed by atoms with van der Waals surface area (Å²) in [7, 11) is 0. The monoisotopic (exact) mass is 398 g/mol. The van der Waals surface area contributed by atoms with Gasteiger partial charge < -0.3 is 16.4 Å². The maximum absolute atomic E-state index is 11.8. The lowest BCUT2D eigenvalue weighted by molar-refractivity contribution is -0.128. The van der Waals surface area contributed by atoms with E-state index < -0.39 is 5.41 Å². The second-order valence-corrected chi connectivity index (χ2v) is 5.43. The Hall–Kier alpha value is -0.530. The van der Waals surface area contributed by atoms with Gasteiger partial charge in [-0.1, -0.05) is 26.2 Å². The molecule has 0 unspecified atom stereocenters. The van der Waals surface area contributed by atoms with Crippen LogP contribution >= 0.6 is 24.0 Å². The van der Waals surface area contributed by atoms with Crippen LogP contribution in [0.3, 0.4) is 0 Å². The van der Waals surface area contributed by atoms with Gasteiger partial charge in [0.05, 0.1) is 12.0 Å². The molecule has 0 fully saturated rings. The number of unbranched alkanes of at least 4 members (excludes halogenated alkanes) is 3. The molecule has 0 aliphatic heterocycles. The SMILES string of the molecule is CCCCCCNC(N)=NCC(C)(C)C(=O)NCC.I. The first-order valence-electron chi connectivity index (χ1n) is 7.26. The Bertz CT molecular complexity index is 293. The molecule has 0 aromatic heterocycles. The van der Waals surface area contributed by atoms with Crippen LogP contribution in [0.25, 0.3) is 0 Å². The quantitative estimate of drug-likeness (QED) is 0.241. The minimum Gasteiger partial charge on any atom is -0.370 e. The van der Waals surface area contributed by atoms with Gasteiger partial charge in [0.1, 0.15) is 0 Å². The maximum atomic E-state index is 11.8. The standard InChI is InChI=1S/C14H30N4O.HI/c1-5-7-8-9-10-17-13(15)18-11-14(3,4)12(19)16-6-2;/h5-11H2,1-4H3,(H,16,19)(H3,15,17,18);1H. The highest BCUT2D eigenvalue weighted by Gasteiger charge is 2.26.